The van der Waals surface area contributed by atoms with Gasteiger partial charge in [0.15, 0.2) is 0 Å². The average molecular weight is 600 g/mol. The zero-order valence-corrected chi connectivity index (χ0v) is 20.6. The van der Waals surface area contributed by atoms with Crippen LogP contribution in [0.25, 0.3) is 0 Å². The first-order valence-electron chi connectivity index (χ1n) is 11.2. The number of carbonyl (C=O) groups excluding carboxylic acids is 2. The van der Waals surface area contributed by atoms with Crippen LogP contribution in [-0.2, 0) is 25.2 Å². The molecule has 0 N–H and O–H groups in total. The molecular formula is C23H25F4IO6. The summed E-state index contributed by atoms with van der Waals surface area (Å²) in [5.41, 5.74) is -0.906. The molecule has 1 spiro atoms. The summed E-state index contributed by atoms with van der Waals surface area (Å²) in [6.45, 7) is -1.60. The second kappa shape index (κ2) is 8.29. The Hall–Kier alpha value is -1.47. The number of benzene rings is 1. The van der Waals surface area contributed by atoms with Gasteiger partial charge in [0.25, 0.3) is 0 Å². The molecule has 5 fully saturated rings. The standard InChI is InChI=1S/C23H25F4IO6/c1-14(29)33-28(18-5-3-2-4-6-18)34-19(30)20-9-15-7-16(10-20)23(17(8-15)11-20)31-12-21(24,25)22(26,27)13-32-23/h2-6,15-17H,7-13H2,1H3. The van der Waals surface area contributed by atoms with Crippen molar-refractivity contribution >= 4 is 32.6 Å². The predicted molar refractivity (Wildman–Crippen MR) is 118 cm³/mol. The van der Waals surface area contributed by atoms with E-state index in [2.05, 4.69) is 0 Å². The molecule has 4 aliphatic carbocycles. The van der Waals surface area contributed by atoms with Crippen molar-refractivity contribution < 1.29 is 42.8 Å². The van der Waals surface area contributed by atoms with Crippen molar-refractivity contribution in [1.82, 2.24) is 0 Å². The van der Waals surface area contributed by atoms with Crippen LogP contribution in [0.5, 0.6) is 0 Å². The SMILES string of the molecule is CC(=O)OI(OC(=O)C12CC3CC(C1)C1(OCC(F)(F)C(F)(F)CO1)C(C3)C2)c1ccccc1. The Morgan fingerprint density at radius 1 is 0.912 bits per heavy atom. The second-order valence-corrected chi connectivity index (χ2v) is 13.1. The molecule has 1 aromatic carbocycles. The molecule has 6 nitrogen and oxygen atoms in total. The molecule has 1 aromatic rings. The molecule has 1 saturated heterocycles. The quantitative estimate of drug-likeness (QED) is 0.353. The first-order chi connectivity index (χ1) is 16.0. The molecule has 1 heterocycles. The van der Waals surface area contributed by atoms with E-state index in [-0.39, 0.29) is 18.8 Å². The van der Waals surface area contributed by atoms with E-state index in [1.165, 1.54) is 6.92 Å². The van der Waals surface area contributed by atoms with E-state index in [0.717, 1.165) is 0 Å². The molecule has 2 unspecified atom stereocenters. The fraction of sp³-hybridized carbons (Fsp3) is 0.652. The summed E-state index contributed by atoms with van der Waals surface area (Å²) >= 11 is -3.10. The average Bonchev–Trinajstić information content (AvgIpc) is 2.86. The molecule has 188 valence electrons. The Kier molecular flexibility index (Phi) is 5.91. The van der Waals surface area contributed by atoms with Crippen molar-refractivity contribution in [2.45, 2.75) is 56.7 Å². The zero-order valence-electron chi connectivity index (χ0n) is 18.4. The molecular weight excluding hydrogens is 575 g/mol. The summed E-state index contributed by atoms with van der Waals surface area (Å²) in [6, 6.07) is 8.80. The number of halogens is 5. The van der Waals surface area contributed by atoms with Crippen LogP contribution in [0, 0.1) is 26.7 Å². The van der Waals surface area contributed by atoms with E-state index >= 15 is 0 Å². The predicted octanol–water partition coefficient (Wildman–Crippen LogP) is 5.14. The van der Waals surface area contributed by atoms with Crippen LogP contribution in [0.3, 0.4) is 0 Å². The molecule has 1 aliphatic heterocycles. The molecule has 5 aliphatic rings. The van der Waals surface area contributed by atoms with E-state index in [0.29, 0.717) is 22.8 Å². The Labute approximate surface area is 202 Å². The molecule has 4 bridgehead atoms. The topological polar surface area (TPSA) is 71.1 Å². The van der Waals surface area contributed by atoms with Crippen molar-refractivity contribution in [3.05, 3.63) is 33.9 Å². The van der Waals surface area contributed by atoms with Gasteiger partial charge in [-0.1, -0.05) is 0 Å². The summed E-state index contributed by atoms with van der Waals surface area (Å²) < 4.78 is 78.8. The van der Waals surface area contributed by atoms with Gasteiger partial charge >= 0.3 is 202 Å². The third kappa shape index (κ3) is 3.91. The van der Waals surface area contributed by atoms with Crippen molar-refractivity contribution in [2.24, 2.45) is 23.2 Å². The summed E-state index contributed by atoms with van der Waals surface area (Å²) in [5.74, 6) is -12.1. The first-order valence-corrected chi connectivity index (χ1v) is 14.0. The van der Waals surface area contributed by atoms with Crippen LogP contribution in [0.2, 0.25) is 0 Å². The Morgan fingerprint density at radius 3 is 2.00 bits per heavy atom. The summed E-state index contributed by atoms with van der Waals surface area (Å²) in [6.07, 6.45) is 2.12. The Balaban J connectivity index is 1.38. The van der Waals surface area contributed by atoms with Crippen LogP contribution < -0.4 is 0 Å². The van der Waals surface area contributed by atoms with E-state index in [1.807, 2.05) is 0 Å². The van der Waals surface area contributed by atoms with Crippen molar-refractivity contribution in [3.63, 3.8) is 0 Å². The van der Waals surface area contributed by atoms with E-state index in [9.17, 15) is 27.2 Å². The summed E-state index contributed by atoms with van der Waals surface area (Å²) in [4.78, 5) is 25.2. The maximum absolute atomic E-state index is 14.0. The monoisotopic (exact) mass is 600 g/mol. The minimum atomic E-state index is -4.33. The third-order valence-corrected chi connectivity index (χ3v) is 11.0. The van der Waals surface area contributed by atoms with Crippen LogP contribution in [0.1, 0.15) is 39.0 Å². The fourth-order valence-corrected chi connectivity index (χ4v) is 9.17. The van der Waals surface area contributed by atoms with Crippen LogP contribution in [0.4, 0.5) is 17.6 Å². The molecule has 6 rings (SSSR count). The number of rotatable bonds is 4. The van der Waals surface area contributed by atoms with Gasteiger partial charge < -0.3 is 0 Å². The van der Waals surface area contributed by atoms with E-state index in [4.69, 9.17) is 15.6 Å². The number of alkyl halides is 4. The molecule has 0 radical (unpaired) electrons. The van der Waals surface area contributed by atoms with Gasteiger partial charge in [-0.05, 0) is 0 Å². The Morgan fingerprint density at radius 2 is 1.47 bits per heavy atom. The van der Waals surface area contributed by atoms with Gasteiger partial charge in [0.05, 0.1) is 0 Å². The van der Waals surface area contributed by atoms with Crippen LogP contribution >= 0.6 is 20.6 Å². The molecule has 34 heavy (non-hydrogen) atoms. The van der Waals surface area contributed by atoms with Crippen LogP contribution in [-0.4, -0.2) is 42.8 Å². The Bertz CT molecular complexity index is 937. The number of hydrogen-bond donors (Lipinski definition) is 0. The summed E-state index contributed by atoms with van der Waals surface area (Å²) in [7, 11) is 0. The van der Waals surface area contributed by atoms with Gasteiger partial charge in [0.2, 0.25) is 0 Å². The van der Waals surface area contributed by atoms with Crippen molar-refractivity contribution in [3.8, 4) is 0 Å². The zero-order chi connectivity index (χ0) is 24.4. The van der Waals surface area contributed by atoms with Gasteiger partial charge in [-0.25, -0.2) is 0 Å². The fourth-order valence-electron chi connectivity index (χ4n) is 6.17. The number of hydrogen-bond acceptors (Lipinski definition) is 6. The molecule has 0 aromatic heterocycles. The minimum absolute atomic E-state index is 0.111. The van der Waals surface area contributed by atoms with Crippen molar-refractivity contribution in [2.75, 3.05) is 13.2 Å². The normalized spacial score (nSPS) is 34.9. The van der Waals surface area contributed by atoms with Gasteiger partial charge in [-0.2, -0.15) is 0 Å². The number of carbonyl (C=O) groups is 2. The second-order valence-electron chi connectivity index (χ2n) is 9.78. The van der Waals surface area contributed by atoms with Crippen LogP contribution in [0.15, 0.2) is 30.3 Å². The van der Waals surface area contributed by atoms with E-state index in [1.54, 1.807) is 30.3 Å². The molecule has 0 amide bonds. The van der Waals surface area contributed by atoms with Gasteiger partial charge in [0.1, 0.15) is 0 Å². The van der Waals surface area contributed by atoms with Gasteiger partial charge in [-0.3, -0.25) is 0 Å². The van der Waals surface area contributed by atoms with Gasteiger partial charge in [0, 0.05) is 0 Å². The maximum atomic E-state index is 14.0. The van der Waals surface area contributed by atoms with E-state index < -0.39 is 80.7 Å². The summed E-state index contributed by atoms with van der Waals surface area (Å²) in [5, 5.41) is 0. The van der Waals surface area contributed by atoms with Crippen molar-refractivity contribution in [1.29, 1.82) is 0 Å². The number of ether oxygens (including phenoxy) is 2. The van der Waals surface area contributed by atoms with Gasteiger partial charge in [-0.15, -0.1) is 0 Å². The molecule has 11 heteroatoms. The molecule has 2 atom stereocenters. The first kappa shape index (κ1) is 24.2. The molecule has 4 saturated carbocycles. The third-order valence-electron chi connectivity index (χ3n) is 7.48.